The minimum Gasteiger partial charge on any atom is -0.457 e. The molecule has 3 nitrogen and oxygen atoms in total. The van der Waals surface area contributed by atoms with Gasteiger partial charge in [-0.25, -0.2) is 0 Å². The van der Waals surface area contributed by atoms with Crippen LogP contribution in [0.3, 0.4) is 0 Å². The fraction of sp³-hybridized carbons (Fsp3) is 0.381. The van der Waals surface area contributed by atoms with Crippen LogP contribution in [0.15, 0.2) is 54.6 Å². The molecule has 2 aliphatic rings. The summed E-state index contributed by atoms with van der Waals surface area (Å²) in [6.45, 7) is 0. The molecule has 2 heterocycles. The number of benzene rings is 2. The summed E-state index contributed by atoms with van der Waals surface area (Å²) in [5.41, 5.74) is 0.672. The zero-order valence-electron chi connectivity index (χ0n) is 14.4. The van der Waals surface area contributed by atoms with Gasteiger partial charge in [-0.2, -0.15) is 11.8 Å². The Bertz CT molecular complexity index is 735. The van der Waals surface area contributed by atoms with Crippen molar-refractivity contribution in [2.24, 2.45) is 0 Å². The molecule has 0 saturated carbocycles. The molecule has 2 aromatic rings. The molecule has 2 atom stereocenters. The van der Waals surface area contributed by atoms with E-state index in [0.717, 1.165) is 31.4 Å². The second kappa shape index (κ2) is 7.12. The molecule has 2 unspecified atom stereocenters. The summed E-state index contributed by atoms with van der Waals surface area (Å²) in [6.07, 6.45) is 6.69. The van der Waals surface area contributed by atoms with E-state index in [0.29, 0.717) is 28.6 Å². The van der Waals surface area contributed by atoms with E-state index in [-0.39, 0.29) is 5.91 Å². The van der Waals surface area contributed by atoms with Gasteiger partial charge >= 0.3 is 0 Å². The summed E-state index contributed by atoms with van der Waals surface area (Å²) in [6, 6.07) is 18.0. The second-order valence-electron chi connectivity index (χ2n) is 6.84. The quantitative estimate of drug-likeness (QED) is 0.776. The van der Waals surface area contributed by atoms with Gasteiger partial charge in [0, 0.05) is 17.3 Å². The summed E-state index contributed by atoms with van der Waals surface area (Å²) in [5.74, 6) is 1.52. The van der Waals surface area contributed by atoms with Crippen LogP contribution in [0.1, 0.15) is 36.0 Å². The molecule has 25 heavy (non-hydrogen) atoms. The number of rotatable bonds is 4. The van der Waals surface area contributed by atoms with Crippen LogP contribution in [0.4, 0.5) is 0 Å². The lowest BCUT2D eigenvalue weighted by atomic mass is 10.0. The fourth-order valence-electron chi connectivity index (χ4n) is 4.14. The molecule has 2 fully saturated rings. The maximum Gasteiger partial charge on any atom is 0.258 e. The first kappa shape index (κ1) is 16.5. The van der Waals surface area contributed by atoms with Crippen LogP contribution in [0.25, 0.3) is 0 Å². The molecule has 1 amide bonds. The van der Waals surface area contributed by atoms with Crippen LogP contribution >= 0.6 is 11.8 Å². The zero-order chi connectivity index (χ0) is 17.2. The minimum atomic E-state index is 0.124. The summed E-state index contributed by atoms with van der Waals surface area (Å²) < 4.78 is 6.00. The Labute approximate surface area is 153 Å². The number of fused-ring (bicyclic) bond motifs is 2. The number of carbonyl (C=O) groups excluding carboxylic acids is 1. The monoisotopic (exact) mass is 353 g/mol. The average Bonchev–Trinajstić information content (AvgIpc) is 2.92. The Morgan fingerprint density at radius 3 is 2.32 bits per heavy atom. The maximum atomic E-state index is 13.3. The number of carbonyl (C=O) groups is 1. The predicted molar refractivity (Wildman–Crippen MR) is 102 cm³/mol. The largest absolute Gasteiger partial charge is 0.457 e. The van der Waals surface area contributed by atoms with Gasteiger partial charge in [-0.15, -0.1) is 0 Å². The van der Waals surface area contributed by atoms with Crippen molar-refractivity contribution >= 4 is 17.7 Å². The van der Waals surface area contributed by atoms with Crippen molar-refractivity contribution in [3.63, 3.8) is 0 Å². The SMILES string of the molecule is CSC1CC2CCC(C1)N2C(=O)c1ccccc1Oc1ccccc1. The molecule has 2 aromatic carbocycles. The summed E-state index contributed by atoms with van der Waals surface area (Å²) >= 11 is 1.95. The first-order valence-electron chi connectivity index (χ1n) is 8.93. The van der Waals surface area contributed by atoms with Crippen molar-refractivity contribution < 1.29 is 9.53 Å². The van der Waals surface area contributed by atoms with Gasteiger partial charge < -0.3 is 9.64 Å². The lowest BCUT2D eigenvalue weighted by Gasteiger charge is -2.38. The van der Waals surface area contributed by atoms with Crippen LogP contribution in [0, 0.1) is 0 Å². The molecule has 0 radical (unpaired) electrons. The van der Waals surface area contributed by atoms with E-state index in [9.17, 15) is 4.79 Å². The number of hydrogen-bond acceptors (Lipinski definition) is 3. The van der Waals surface area contributed by atoms with Crippen LogP contribution in [-0.4, -0.2) is 34.4 Å². The molecule has 2 saturated heterocycles. The highest BCUT2D eigenvalue weighted by Gasteiger charge is 2.43. The summed E-state index contributed by atoms with van der Waals surface area (Å²) in [7, 11) is 0. The number of amides is 1. The van der Waals surface area contributed by atoms with Crippen molar-refractivity contribution in [3.05, 3.63) is 60.2 Å². The highest BCUT2D eigenvalue weighted by atomic mass is 32.2. The lowest BCUT2D eigenvalue weighted by Crippen LogP contribution is -2.47. The smallest absolute Gasteiger partial charge is 0.258 e. The van der Waals surface area contributed by atoms with Gasteiger partial charge in [-0.1, -0.05) is 30.3 Å². The third-order valence-corrected chi connectivity index (χ3v) is 6.40. The van der Waals surface area contributed by atoms with Crippen LogP contribution in [0.2, 0.25) is 0 Å². The highest BCUT2D eigenvalue weighted by molar-refractivity contribution is 7.99. The van der Waals surface area contributed by atoms with Crippen molar-refractivity contribution in [2.75, 3.05) is 6.26 Å². The van der Waals surface area contributed by atoms with Gasteiger partial charge in [0.1, 0.15) is 11.5 Å². The van der Waals surface area contributed by atoms with Crippen molar-refractivity contribution in [1.82, 2.24) is 4.90 Å². The second-order valence-corrected chi connectivity index (χ2v) is 7.98. The Kier molecular flexibility index (Phi) is 4.71. The van der Waals surface area contributed by atoms with Gasteiger partial charge in [0.2, 0.25) is 0 Å². The van der Waals surface area contributed by atoms with Crippen molar-refractivity contribution in [1.29, 1.82) is 0 Å². The van der Waals surface area contributed by atoms with E-state index < -0.39 is 0 Å². The Hall–Kier alpha value is -1.94. The first-order chi connectivity index (χ1) is 12.3. The standard InChI is InChI=1S/C21H23NO2S/c1-25-18-13-15-11-12-16(14-18)22(15)21(23)19-9-5-6-10-20(19)24-17-7-3-2-4-8-17/h2-10,15-16,18H,11-14H2,1H3. The topological polar surface area (TPSA) is 29.5 Å². The van der Waals surface area contributed by atoms with Gasteiger partial charge in [-0.05, 0) is 56.2 Å². The molecule has 4 rings (SSSR count). The number of hydrogen-bond donors (Lipinski definition) is 0. The molecule has 0 aromatic heterocycles. The minimum absolute atomic E-state index is 0.124. The van der Waals surface area contributed by atoms with Crippen molar-refractivity contribution in [3.8, 4) is 11.5 Å². The molecule has 4 heteroatoms. The Morgan fingerprint density at radius 1 is 1.00 bits per heavy atom. The fourth-order valence-corrected chi connectivity index (χ4v) is 4.97. The van der Waals surface area contributed by atoms with E-state index in [2.05, 4.69) is 11.2 Å². The van der Waals surface area contributed by atoms with Gasteiger partial charge in [-0.3, -0.25) is 4.79 Å². The van der Waals surface area contributed by atoms with Gasteiger partial charge in [0.25, 0.3) is 5.91 Å². The van der Waals surface area contributed by atoms with Gasteiger partial charge in [0.15, 0.2) is 0 Å². The lowest BCUT2D eigenvalue weighted by molar-refractivity contribution is 0.0599. The van der Waals surface area contributed by atoms with Crippen LogP contribution in [-0.2, 0) is 0 Å². The number of nitrogens with zero attached hydrogens (tertiary/aromatic N) is 1. The van der Waals surface area contributed by atoms with E-state index in [1.54, 1.807) is 0 Å². The summed E-state index contributed by atoms with van der Waals surface area (Å²) in [4.78, 5) is 15.4. The predicted octanol–water partition coefficient (Wildman–Crippen LogP) is 4.98. The molecule has 0 aliphatic carbocycles. The van der Waals surface area contributed by atoms with Crippen molar-refractivity contribution in [2.45, 2.75) is 43.0 Å². The molecular formula is C21H23NO2S. The Balaban J connectivity index is 1.59. The van der Waals surface area contributed by atoms with Gasteiger partial charge in [0.05, 0.1) is 5.56 Å². The van der Waals surface area contributed by atoms with E-state index in [1.807, 2.05) is 66.4 Å². The third-order valence-electron chi connectivity index (χ3n) is 5.35. The molecule has 2 bridgehead atoms. The molecule has 130 valence electrons. The molecule has 2 aliphatic heterocycles. The number of piperidine rings is 1. The van der Waals surface area contributed by atoms with E-state index >= 15 is 0 Å². The first-order valence-corrected chi connectivity index (χ1v) is 10.2. The van der Waals surface area contributed by atoms with E-state index in [4.69, 9.17) is 4.74 Å². The molecule has 0 spiro atoms. The number of thioether (sulfide) groups is 1. The zero-order valence-corrected chi connectivity index (χ0v) is 15.2. The normalized spacial score (nSPS) is 25.0. The van der Waals surface area contributed by atoms with Crippen LogP contribution < -0.4 is 4.74 Å². The van der Waals surface area contributed by atoms with E-state index in [1.165, 1.54) is 0 Å². The average molecular weight is 353 g/mol. The number of ether oxygens (including phenoxy) is 1. The summed E-state index contributed by atoms with van der Waals surface area (Å²) in [5, 5.41) is 0.692. The maximum absolute atomic E-state index is 13.3. The molecular weight excluding hydrogens is 330 g/mol. The Morgan fingerprint density at radius 2 is 1.64 bits per heavy atom. The third kappa shape index (κ3) is 3.28. The molecule has 0 N–H and O–H groups in total. The number of para-hydroxylation sites is 2. The highest BCUT2D eigenvalue weighted by Crippen LogP contribution is 2.41. The van der Waals surface area contributed by atoms with Crippen LogP contribution in [0.5, 0.6) is 11.5 Å².